The van der Waals surface area contributed by atoms with Crippen molar-refractivity contribution in [3.05, 3.63) is 23.8 Å². The lowest BCUT2D eigenvalue weighted by Gasteiger charge is -2.23. The number of hydrogen-bond donors (Lipinski definition) is 2. The van der Waals surface area contributed by atoms with Gasteiger partial charge in [0.05, 0.1) is 5.56 Å². The predicted octanol–water partition coefficient (Wildman–Crippen LogP) is 2.68. The van der Waals surface area contributed by atoms with E-state index < -0.39 is 0 Å². The van der Waals surface area contributed by atoms with Crippen molar-refractivity contribution in [1.29, 1.82) is 5.41 Å². The highest BCUT2D eigenvalue weighted by Crippen LogP contribution is 2.35. The van der Waals surface area contributed by atoms with Crippen molar-refractivity contribution >= 4 is 23.3 Å². The molecule has 0 aromatic heterocycles. The fraction of sp³-hybridized carbons (Fsp3) is 0.462. The lowest BCUT2D eigenvalue weighted by atomic mass is 10.1. The van der Waals surface area contributed by atoms with Gasteiger partial charge in [-0.3, -0.25) is 5.41 Å². The second-order valence-electron chi connectivity index (χ2n) is 4.34. The van der Waals surface area contributed by atoms with Crippen LogP contribution in [0.5, 0.6) is 0 Å². The van der Waals surface area contributed by atoms with Gasteiger partial charge in [-0.15, -0.1) is 11.8 Å². The molecule has 2 rings (SSSR count). The van der Waals surface area contributed by atoms with Crippen LogP contribution in [0.3, 0.4) is 0 Å². The smallest absolute Gasteiger partial charge is 0.126 e. The summed E-state index contributed by atoms with van der Waals surface area (Å²) in [5.74, 6) is 1.17. The van der Waals surface area contributed by atoms with Crippen LogP contribution < -0.4 is 10.6 Å². The van der Waals surface area contributed by atoms with E-state index in [0.29, 0.717) is 6.04 Å². The number of benzene rings is 1. The van der Waals surface area contributed by atoms with Crippen LogP contribution >= 0.6 is 11.8 Å². The summed E-state index contributed by atoms with van der Waals surface area (Å²) < 4.78 is 0. The Bertz CT molecular complexity index is 427. The standard InChI is InChI=1S/C13H19N3S/c1-3-17-11-6-4-5-10(12(11)13(14)15)16(2)9-7-8-9/h4-6,9H,3,7-8H2,1-2H3,(H3,14,15). The van der Waals surface area contributed by atoms with E-state index in [1.54, 1.807) is 11.8 Å². The molecule has 0 spiro atoms. The number of nitrogens with two attached hydrogens (primary N) is 1. The van der Waals surface area contributed by atoms with Crippen LogP contribution in [0, 0.1) is 5.41 Å². The Balaban J connectivity index is 2.42. The molecule has 1 saturated carbocycles. The number of thioether (sulfide) groups is 1. The zero-order valence-corrected chi connectivity index (χ0v) is 11.2. The molecule has 0 heterocycles. The fourth-order valence-corrected chi connectivity index (χ4v) is 2.86. The van der Waals surface area contributed by atoms with E-state index in [9.17, 15) is 0 Å². The number of amidine groups is 1. The normalized spacial score (nSPS) is 14.7. The highest BCUT2D eigenvalue weighted by molar-refractivity contribution is 7.99. The van der Waals surface area contributed by atoms with Gasteiger partial charge in [0, 0.05) is 23.7 Å². The average Bonchev–Trinajstić information content (AvgIpc) is 3.11. The number of hydrogen-bond acceptors (Lipinski definition) is 3. The minimum atomic E-state index is 0.170. The second-order valence-corrected chi connectivity index (χ2v) is 5.64. The Hall–Kier alpha value is -1.16. The molecule has 1 aliphatic rings. The molecule has 1 aliphatic carbocycles. The van der Waals surface area contributed by atoms with Gasteiger partial charge in [0.1, 0.15) is 5.84 Å². The van der Waals surface area contributed by atoms with Crippen LogP contribution in [0.25, 0.3) is 0 Å². The van der Waals surface area contributed by atoms with E-state index >= 15 is 0 Å². The Morgan fingerprint density at radius 2 is 2.24 bits per heavy atom. The molecule has 1 fully saturated rings. The molecule has 4 heteroatoms. The lowest BCUT2D eigenvalue weighted by molar-refractivity contribution is 0.912. The highest BCUT2D eigenvalue weighted by Gasteiger charge is 2.28. The third-order valence-corrected chi connectivity index (χ3v) is 3.99. The van der Waals surface area contributed by atoms with Gasteiger partial charge in [0.2, 0.25) is 0 Å². The molecule has 1 aromatic rings. The Morgan fingerprint density at radius 1 is 1.53 bits per heavy atom. The summed E-state index contributed by atoms with van der Waals surface area (Å²) in [5, 5.41) is 7.79. The predicted molar refractivity (Wildman–Crippen MR) is 75.3 cm³/mol. The van der Waals surface area contributed by atoms with Crippen molar-refractivity contribution in [3.8, 4) is 0 Å². The van der Waals surface area contributed by atoms with Crippen molar-refractivity contribution in [2.24, 2.45) is 5.73 Å². The summed E-state index contributed by atoms with van der Waals surface area (Å²) in [6.45, 7) is 2.12. The summed E-state index contributed by atoms with van der Waals surface area (Å²) in [6.07, 6.45) is 2.50. The van der Waals surface area contributed by atoms with Crippen molar-refractivity contribution < 1.29 is 0 Å². The molecule has 17 heavy (non-hydrogen) atoms. The second kappa shape index (κ2) is 5.00. The zero-order valence-electron chi connectivity index (χ0n) is 10.4. The molecule has 3 N–H and O–H groups in total. The Morgan fingerprint density at radius 3 is 2.76 bits per heavy atom. The van der Waals surface area contributed by atoms with Gasteiger partial charge in [0.15, 0.2) is 0 Å². The number of nitrogens with one attached hydrogen (secondary N) is 1. The van der Waals surface area contributed by atoms with Crippen LogP contribution in [0.1, 0.15) is 25.3 Å². The van der Waals surface area contributed by atoms with Gasteiger partial charge in [-0.2, -0.15) is 0 Å². The molecule has 0 atom stereocenters. The number of nitrogens with zero attached hydrogens (tertiary/aromatic N) is 1. The molecule has 3 nitrogen and oxygen atoms in total. The van der Waals surface area contributed by atoms with Crippen molar-refractivity contribution in [2.75, 3.05) is 17.7 Å². The minimum Gasteiger partial charge on any atom is -0.384 e. The molecular weight excluding hydrogens is 230 g/mol. The largest absolute Gasteiger partial charge is 0.384 e. The molecule has 0 amide bonds. The molecule has 0 saturated heterocycles. The van der Waals surface area contributed by atoms with Crippen LogP contribution in [-0.4, -0.2) is 24.7 Å². The Labute approximate surface area is 107 Å². The number of anilines is 1. The average molecular weight is 249 g/mol. The van der Waals surface area contributed by atoms with E-state index in [1.165, 1.54) is 12.8 Å². The first-order chi connectivity index (χ1) is 8.15. The summed E-state index contributed by atoms with van der Waals surface area (Å²) >= 11 is 1.75. The molecule has 0 unspecified atom stereocenters. The van der Waals surface area contributed by atoms with Gasteiger partial charge in [-0.25, -0.2) is 0 Å². The maximum absolute atomic E-state index is 7.79. The summed E-state index contributed by atoms with van der Waals surface area (Å²) in [6, 6.07) is 6.80. The summed E-state index contributed by atoms with van der Waals surface area (Å²) in [7, 11) is 2.10. The molecule has 0 bridgehead atoms. The number of rotatable bonds is 5. The zero-order chi connectivity index (χ0) is 12.4. The van der Waals surface area contributed by atoms with E-state index in [4.69, 9.17) is 11.1 Å². The third-order valence-electron chi connectivity index (χ3n) is 3.05. The summed E-state index contributed by atoms with van der Waals surface area (Å²) in [5.41, 5.74) is 7.74. The van der Waals surface area contributed by atoms with Gasteiger partial charge >= 0.3 is 0 Å². The van der Waals surface area contributed by atoms with E-state index in [0.717, 1.165) is 21.9 Å². The number of nitrogen functional groups attached to an aromatic ring is 1. The van der Waals surface area contributed by atoms with Crippen molar-refractivity contribution in [3.63, 3.8) is 0 Å². The van der Waals surface area contributed by atoms with E-state index in [2.05, 4.69) is 37.1 Å². The van der Waals surface area contributed by atoms with Crippen LogP contribution in [0.15, 0.2) is 23.1 Å². The first-order valence-corrected chi connectivity index (χ1v) is 6.96. The van der Waals surface area contributed by atoms with Gasteiger partial charge in [0.25, 0.3) is 0 Å². The van der Waals surface area contributed by atoms with Gasteiger partial charge in [-0.05, 0) is 30.7 Å². The van der Waals surface area contributed by atoms with Crippen LogP contribution in [0.2, 0.25) is 0 Å². The molecular formula is C13H19N3S. The topological polar surface area (TPSA) is 53.1 Å². The monoisotopic (exact) mass is 249 g/mol. The van der Waals surface area contributed by atoms with Crippen LogP contribution in [-0.2, 0) is 0 Å². The maximum Gasteiger partial charge on any atom is 0.126 e. The van der Waals surface area contributed by atoms with Gasteiger partial charge < -0.3 is 10.6 Å². The molecule has 1 aromatic carbocycles. The minimum absolute atomic E-state index is 0.170. The molecule has 0 radical (unpaired) electrons. The third kappa shape index (κ3) is 2.57. The SMILES string of the molecule is CCSc1cccc(N(C)C2CC2)c1C(=N)N. The first kappa shape index (κ1) is 12.3. The maximum atomic E-state index is 7.79. The van der Waals surface area contributed by atoms with Gasteiger partial charge in [-0.1, -0.05) is 13.0 Å². The Kier molecular flexibility index (Phi) is 3.62. The summed E-state index contributed by atoms with van der Waals surface area (Å²) in [4.78, 5) is 3.38. The molecule has 92 valence electrons. The molecule has 0 aliphatic heterocycles. The fourth-order valence-electron chi connectivity index (χ4n) is 2.02. The van der Waals surface area contributed by atoms with Crippen LogP contribution in [0.4, 0.5) is 5.69 Å². The first-order valence-electron chi connectivity index (χ1n) is 5.98. The highest BCUT2D eigenvalue weighted by atomic mass is 32.2. The quantitative estimate of drug-likeness (QED) is 0.479. The van der Waals surface area contributed by atoms with E-state index in [-0.39, 0.29) is 5.84 Å². The van der Waals surface area contributed by atoms with Crippen molar-refractivity contribution in [2.45, 2.75) is 30.7 Å². The van der Waals surface area contributed by atoms with E-state index in [1.807, 2.05) is 0 Å². The van der Waals surface area contributed by atoms with Crippen molar-refractivity contribution in [1.82, 2.24) is 0 Å². The lowest BCUT2D eigenvalue weighted by Crippen LogP contribution is -2.24.